The molecular formula is C20H17ClN6OS. The molecule has 0 radical (unpaired) electrons. The molecule has 0 bridgehead atoms. The van der Waals surface area contributed by atoms with E-state index in [1.54, 1.807) is 30.4 Å². The second kappa shape index (κ2) is 8.02. The molecule has 4 rings (SSSR count). The lowest BCUT2D eigenvalue weighted by molar-refractivity contribution is 0.475. The molecule has 2 aromatic heterocycles. The molecule has 1 atom stereocenters. The fraction of sp³-hybridized carbons (Fsp3) is 0.100. The van der Waals surface area contributed by atoms with Gasteiger partial charge in [-0.15, -0.1) is 0 Å². The van der Waals surface area contributed by atoms with E-state index in [-0.39, 0.29) is 11.7 Å². The average Bonchev–Trinajstić information content (AvgIpc) is 3.32. The van der Waals surface area contributed by atoms with Crippen LogP contribution in [0.3, 0.4) is 0 Å². The lowest BCUT2D eigenvalue weighted by Crippen LogP contribution is -2.06. The predicted molar refractivity (Wildman–Crippen MR) is 117 cm³/mol. The summed E-state index contributed by atoms with van der Waals surface area (Å²) in [5, 5.41) is 17.8. The second-order valence-corrected chi connectivity index (χ2v) is 7.82. The molecule has 0 fully saturated rings. The lowest BCUT2D eigenvalue weighted by atomic mass is 10.0. The standard InChI is InChI=1S/C20H17ClN6OS/c1-11(12-2-5-14(28)6-3-12)19-25-18(26-27-19)9-8-17(22)24-20-23-15-7-4-13(21)10-16(15)29-20/h2-11,28H,1H3,(H2,22,23,24)(H,25,26,27)/b9-8-/t11-/m0/s1. The van der Waals surface area contributed by atoms with Crippen LogP contribution >= 0.6 is 22.9 Å². The van der Waals surface area contributed by atoms with Gasteiger partial charge >= 0.3 is 0 Å². The van der Waals surface area contributed by atoms with Gasteiger partial charge in [-0.05, 0) is 48.0 Å². The summed E-state index contributed by atoms with van der Waals surface area (Å²) in [5.41, 5.74) is 7.84. The molecule has 0 amide bonds. The molecule has 0 aliphatic rings. The first-order chi connectivity index (χ1) is 14.0. The van der Waals surface area contributed by atoms with Gasteiger partial charge in [0.25, 0.3) is 0 Å². The first-order valence-electron chi connectivity index (χ1n) is 8.77. The number of aliphatic imine (C=N–C) groups is 1. The van der Waals surface area contributed by atoms with Crippen molar-refractivity contribution in [2.75, 3.05) is 0 Å². The monoisotopic (exact) mass is 424 g/mol. The molecule has 0 saturated carbocycles. The highest BCUT2D eigenvalue weighted by atomic mass is 35.5. The zero-order valence-corrected chi connectivity index (χ0v) is 16.9. The minimum absolute atomic E-state index is 0.00540. The van der Waals surface area contributed by atoms with Gasteiger partial charge in [-0.2, -0.15) is 5.10 Å². The van der Waals surface area contributed by atoms with Crippen LogP contribution in [0.5, 0.6) is 5.75 Å². The van der Waals surface area contributed by atoms with Gasteiger partial charge in [-0.25, -0.2) is 15.0 Å². The van der Waals surface area contributed by atoms with Crippen LogP contribution in [0.2, 0.25) is 5.02 Å². The number of fused-ring (bicyclic) bond motifs is 1. The third-order valence-corrected chi connectivity index (χ3v) is 5.44. The van der Waals surface area contributed by atoms with E-state index < -0.39 is 0 Å². The second-order valence-electron chi connectivity index (χ2n) is 6.37. The number of hydrogen-bond acceptors (Lipinski definition) is 6. The zero-order chi connectivity index (χ0) is 20.4. The van der Waals surface area contributed by atoms with Crippen molar-refractivity contribution < 1.29 is 5.11 Å². The highest BCUT2D eigenvalue weighted by Crippen LogP contribution is 2.30. The predicted octanol–water partition coefficient (Wildman–Crippen LogP) is 4.63. The van der Waals surface area contributed by atoms with Crippen molar-refractivity contribution in [3.63, 3.8) is 0 Å². The van der Waals surface area contributed by atoms with Crippen LogP contribution in [-0.4, -0.2) is 31.1 Å². The van der Waals surface area contributed by atoms with Gasteiger partial charge in [0, 0.05) is 10.9 Å². The van der Waals surface area contributed by atoms with Crippen molar-refractivity contribution in [2.45, 2.75) is 12.8 Å². The van der Waals surface area contributed by atoms with Gasteiger partial charge < -0.3 is 10.8 Å². The van der Waals surface area contributed by atoms with Crippen molar-refractivity contribution in [2.24, 2.45) is 10.7 Å². The Balaban J connectivity index is 1.48. The number of nitrogens with one attached hydrogen (secondary N) is 1. The summed E-state index contributed by atoms with van der Waals surface area (Å²) in [7, 11) is 0. The number of rotatable bonds is 5. The van der Waals surface area contributed by atoms with E-state index in [0.29, 0.717) is 27.6 Å². The number of aromatic hydroxyl groups is 1. The molecule has 0 aliphatic carbocycles. The van der Waals surface area contributed by atoms with E-state index in [2.05, 4.69) is 25.2 Å². The van der Waals surface area contributed by atoms with Crippen molar-refractivity contribution in [3.05, 3.63) is 70.8 Å². The zero-order valence-electron chi connectivity index (χ0n) is 15.4. The molecule has 0 spiro atoms. The summed E-state index contributed by atoms with van der Waals surface area (Å²) >= 11 is 7.42. The number of benzene rings is 2. The molecule has 2 heterocycles. The normalized spacial score (nSPS) is 13.4. The first-order valence-corrected chi connectivity index (χ1v) is 9.97. The Morgan fingerprint density at radius 3 is 2.83 bits per heavy atom. The maximum Gasteiger partial charge on any atom is 0.212 e. The smallest absolute Gasteiger partial charge is 0.212 e. The number of amidine groups is 1. The van der Waals surface area contributed by atoms with Gasteiger partial charge in [0.1, 0.15) is 17.4 Å². The van der Waals surface area contributed by atoms with E-state index in [1.165, 1.54) is 11.3 Å². The molecule has 4 N–H and O–H groups in total. The number of halogens is 1. The number of H-pyrrole nitrogens is 1. The fourth-order valence-electron chi connectivity index (χ4n) is 2.72. The van der Waals surface area contributed by atoms with Crippen molar-refractivity contribution in [3.8, 4) is 5.75 Å². The molecular weight excluding hydrogens is 408 g/mol. The Labute approximate surface area is 175 Å². The Hall–Kier alpha value is -3.23. The summed E-state index contributed by atoms with van der Waals surface area (Å²) in [6, 6.07) is 12.5. The van der Waals surface area contributed by atoms with Gasteiger partial charge in [-0.1, -0.05) is 42.0 Å². The molecule has 4 aromatic rings. The summed E-state index contributed by atoms with van der Waals surface area (Å²) < 4.78 is 0.954. The minimum Gasteiger partial charge on any atom is -0.508 e. The van der Waals surface area contributed by atoms with Crippen LogP contribution in [-0.2, 0) is 0 Å². The summed E-state index contributed by atoms with van der Waals surface area (Å²) in [4.78, 5) is 13.2. The van der Waals surface area contributed by atoms with Crippen LogP contribution in [0.4, 0.5) is 5.13 Å². The number of phenolic OH excluding ortho intramolecular Hbond substituents is 1. The molecule has 0 aliphatic heterocycles. The van der Waals surface area contributed by atoms with E-state index >= 15 is 0 Å². The molecule has 29 heavy (non-hydrogen) atoms. The maximum atomic E-state index is 9.42. The van der Waals surface area contributed by atoms with E-state index in [1.807, 2.05) is 31.2 Å². The first kappa shape index (κ1) is 19.1. The third kappa shape index (κ3) is 4.44. The Kier molecular flexibility index (Phi) is 5.28. The van der Waals surface area contributed by atoms with E-state index in [0.717, 1.165) is 15.8 Å². The van der Waals surface area contributed by atoms with Gasteiger partial charge in [0.2, 0.25) is 5.13 Å². The van der Waals surface area contributed by atoms with Gasteiger partial charge in [0.05, 0.1) is 10.2 Å². The largest absolute Gasteiger partial charge is 0.508 e. The average molecular weight is 425 g/mol. The van der Waals surface area contributed by atoms with Crippen molar-refractivity contribution in [1.29, 1.82) is 0 Å². The number of aromatic nitrogens is 4. The van der Waals surface area contributed by atoms with Gasteiger partial charge in [0.15, 0.2) is 5.82 Å². The van der Waals surface area contributed by atoms with Crippen LogP contribution in [0, 0.1) is 0 Å². The number of nitrogens with zero attached hydrogens (tertiary/aromatic N) is 4. The number of aromatic amines is 1. The molecule has 0 unspecified atom stereocenters. The summed E-state index contributed by atoms with van der Waals surface area (Å²) in [6.07, 6.45) is 3.32. The Bertz CT molecular complexity index is 1210. The summed E-state index contributed by atoms with van der Waals surface area (Å²) in [6.45, 7) is 2.01. The highest BCUT2D eigenvalue weighted by Gasteiger charge is 2.12. The Morgan fingerprint density at radius 2 is 2.03 bits per heavy atom. The van der Waals surface area contributed by atoms with Crippen LogP contribution in [0.15, 0.2) is 53.5 Å². The number of hydrogen-bond donors (Lipinski definition) is 3. The maximum absolute atomic E-state index is 9.42. The van der Waals surface area contributed by atoms with Crippen LogP contribution in [0.25, 0.3) is 16.3 Å². The quantitative estimate of drug-likeness (QED) is 0.319. The molecule has 2 aromatic carbocycles. The fourth-order valence-corrected chi connectivity index (χ4v) is 3.85. The van der Waals surface area contributed by atoms with Crippen molar-refractivity contribution >= 4 is 50.2 Å². The highest BCUT2D eigenvalue weighted by molar-refractivity contribution is 7.22. The number of phenols is 1. The van der Waals surface area contributed by atoms with Crippen molar-refractivity contribution in [1.82, 2.24) is 20.2 Å². The molecule has 7 nitrogen and oxygen atoms in total. The van der Waals surface area contributed by atoms with Crippen LogP contribution < -0.4 is 5.73 Å². The number of thiazole rings is 1. The van der Waals surface area contributed by atoms with Gasteiger partial charge in [-0.3, -0.25) is 5.10 Å². The third-order valence-electron chi connectivity index (χ3n) is 4.29. The molecule has 0 saturated heterocycles. The topological polar surface area (TPSA) is 113 Å². The molecule has 146 valence electrons. The number of nitrogens with two attached hydrogens (primary N) is 1. The minimum atomic E-state index is 0.00540. The SMILES string of the molecule is C[C@@H](c1ccc(O)cc1)c1nc(/C=C\C(N)=Nc2nc3ccc(Cl)cc3s2)n[nH]1. The van der Waals surface area contributed by atoms with E-state index in [9.17, 15) is 5.11 Å². The summed E-state index contributed by atoms with van der Waals surface area (Å²) in [5.74, 6) is 1.75. The lowest BCUT2D eigenvalue weighted by Gasteiger charge is -2.07. The Morgan fingerprint density at radius 1 is 1.24 bits per heavy atom. The molecule has 9 heteroatoms. The van der Waals surface area contributed by atoms with Crippen LogP contribution in [0.1, 0.15) is 30.1 Å². The van der Waals surface area contributed by atoms with E-state index in [4.69, 9.17) is 17.3 Å².